The Labute approximate surface area is 178 Å². The molecule has 0 bridgehead atoms. The summed E-state index contributed by atoms with van der Waals surface area (Å²) in [6, 6.07) is 15.4. The lowest BCUT2D eigenvalue weighted by atomic mass is 9.99. The van der Waals surface area contributed by atoms with Crippen molar-refractivity contribution in [2.45, 2.75) is 6.18 Å². The van der Waals surface area contributed by atoms with Crippen LogP contribution < -0.4 is 0 Å². The van der Waals surface area contributed by atoms with Crippen LogP contribution in [0.5, 0.6) is 0 Å². The number of hydrogen-bond donors (Lipinski definition) is 1. The highest BCUT2D eigenvalue weighted by Crippen LogP contribution is 2.37. The second-order valence-corrected chi connectivity index (χ2v) is 7.03. The lowest BCUT2D eigenvalue weighted by molar-refractivity contribution is -0.137. The number of nitrogens with zero attached hydrogens (tertiary/aromatic N) is 2. The van der Waals surface area contributed by atoms with Crippen LogP contribution in [0.15, 0.2) is 66.7 Å². The van der Waals surface area contributed by atoms with Crippen LogP contribution in [0.1, 0.15) is 32.0 Å². The summed E-state index contributed by atoms with van der Waals surface area (Å²) in [6.45, 7) is 0. The molecule has 4 aromatic rings. The van der Waals surface area contributed by atoms with Gasteiger partial charge in [0.05, 0.1) is 32.9 Å². The van der Waals surface area contributed by atoms with Crippen molar-refractivity contribution in [1.29, 1.82) is 0 Å². The number of carbonyl (C=O) groups excluding carboxylic acids is 1. The number of carbonyl (C=O) groups is 2. The van der Waals surface area contributed by atoms with Crippen molar-refractivity contribution >= 4 is 34.3 Å². The van der Waals surface area contributed by atoms with Crippen LogP contribution in [0.4, 0.5) is 13.2 Å². The molecule has 0 atom stereocenters. The quantitative estimate of drug-likeness (QED) is 0.414. The Morgan fingerprint density at radius 2 is 1.61 bits per heavy atom. The van der Waals surface area contributed by atoms with E-state index in [9.17, 15) is 22.8 Å². The van der Waals surface area contributed by atoms with Gasteiger partial charge in [-0.1, -0.05) is 35.9 Å². The zero-order valence-corrected chi connectivity index (χ0v) is 16.3. The van der Waals surface area contributed by atoms with E-state index in [1.54, 1.807) is 24.3 Å². The summed E-state index contributed by atoms with van der Waals surface area (Å²) in [5.74, 6) is -2.07. The van der Waals surface area contributed by atoms with Gasteiger partial charge in [0, 0.05) is 5.39 Å². The Morgan fingerprint density at radius 3 is 2.26 bits per heavy atom. The fourth-order valence-corrected chi connectivity index (χ4v) is 3.55. The number of hydrogen-bond acceptors (Lipinski definition) is 3. The minimum absolute atomic E-state index is 0.0578. The highest BCUT2D eigenvalue weighted by molar-refractivity contribution is 6.35. The van der Waals surface area contributed by atoms with E-state index in [-0.39, 0.29) is 16.3 Å². The topological polar surface area (TPSA) is 72.2 Å². The first-order valence-electron chi connectivity index (χ1n) is 8.90. The Balaban J connectivity index is 1.91. The Hall–Kier alpha value is -3.65. The molecule has 31 heavy (non-hydrogen) atoms. The largest absolute Gasteiger partial charge is 0.478 e. The molecule has 0 unspecified atom stereocenters. The Kier molecular flexibility index (Phi) is 5.02. The number of carboxylic acids is 1. The van der Waals surface area contributed by atoms with Crippen molar-refractivity contribution < 1.29 is 27.9 Å². The maximum absolute atomic E-state index is 13.5. The standard InChI is InChI=1S/C22H12ClF3N2O3/c23-16-6-3-5-15(22(24,25)26)18(16)20(29)19-14-4-1-2-7-17(14)28(27-19)13-10-8-12(9-11-13)21(30)31/h1-11H,(H,30,31). The third kappa shape index (κ3) is 3.66. The zero-order chi connectivity index (χ0) is 22.3. The lowest BCUT2D eigenvalue weighted by Crippen LogP contribution is -2.15. The first-order valence-corrected chi connectivity index (χ1v) is 9.28. The predicted molar refractivity (Wildman–Crippen MR) is 108 cm³/mol. The van der Waals surface area contributed by atoms with Gasteiger partial charge >= 0.3 is 12.1 Å². The number of aromatic carboxylic acids is 1. The van der Waals surface area contributed by atoms with E-state index in [2.05, 4.69) is 5.10 Å². The third-order valence-electron chi connectivity index (χ3n) is 4.71. The molecular formula is C22H12ClF3N2O3. The van der Waals surface area contributed by atoms with E-state index in [4.69, 9.17) is 16.7 Å². The molecule has 3 aromatic carbocycles. The molecule has 0 saturated heterocycles. The first-order chi connectivity index (χ1) is 14.7. The molecule has 0 spiro atoms. The number of halogens is 4. The molecular weight excluding hydrogens is 433 g/mol. The van der Waals surface area contributed by atoms with Gasteiger partial charge in [0.15, 0.2) is 0 Å². The number of aromatic nitrogens is 2. The summed E-state index contributed by atoms with van der Waals surface area (Å²) < 4.78 is 41.9. The molecule has 0 saturated carbocycles. The van der Waals surface area contributed by atoms with Crippen LogP contribution in [-0.2, 0) is 6.18 Å². The van der Waals surface area contributed by atoms with Gasteiger partial charge < -0.3 is 5.11 Å². The second kappa shape index (κ2) is 7.55. The van der Waals surface area contributed by atoms with Crippen molar-refractivity contribution in [1.82, 2.24) is 9.78 Å². The molecule has 9 heteroatoms. The second-order valence-electron chi connectivity index (χ2n) is 6.62. The Morgan fingerprint density at radius 1 is 0.935 bits per heavy atom. The number of fused-ring (bicyclic) bond motifs is 1. The summed E-state index contributed by atoms with van der Waals surface area (Å²) in [7, 11) is 0. The van der Waals surface area contributed by atoms with Gasteiger partial charge in [-0.2, -0.15) is 18.3 Å². The van der Waals surface area contributed by atoms with Crippen LogP contribution in [-0.4, -0.2) is 26.6 Å². The van der Waals surface area contributed by atoms with Gasteiger partial charge in [-0.05, 0) is 42.5 Å². The van der Waals surface area contributed by atoms with Gasteiger partial charge in [0.2, 0.25) is 5.78 Å². The van der Waals surface area contributed by atoms with Gasteiger partial charge in [-0.15, -0.1) is 0 Å². The average molecular weight is 445 g/mol. The number of carboxylic acid groups (broad SMARTS) is 1. The molecule has 1 aromatic heterocycles. The molecule has 156 valence electrons. The molecule has 0 aliphatic rings. The SMILES string of the molecule is O=C(O)c1ccc(-n2nc(C(=O)c3c(Cl)cccc3C(F)(F)F)c3ccccc32)cc1. The van der Waals surface area contributed by atoms with E-state index in [1.807, 2.05) is 0 Å². The molecule has 0 fully saturated rings. The fraction of sp³-hybridized carbons (Fsp3) is 0.0455. The number of ketones is 1. The van der Waals surface area contributed by atoms with Gasteiger partial charge in [-0.3, -0.25) is 4.79 Å². The highest BCUT2D eigenvalue weighted by Gasteiger charge is 2.37. The summed E-state index contributed by atoms with van der Waals surface area (Å²) >= 11 is 5.99. The summed E-state index contributed by atoms with van der Waals surface area (Å²) in [5, 5.41) is 13.3. The molecule has 0 aliphatic heterocycles. The van der Waals surface area contributed by atoms with Crippen LogP contribution in [0.25, 0.3) is 16.6 Å². The van der Waals surface area contributed by atoms with Crippen LogP contribution in [0.3, 0.4) is 0 Å². The number of benzene rings is 3. The van der Waals surface area contributed by atoms with E-state index in [1.165, 1.54) is 35.0 Å². The van der Waals surface area contributed by atoms with E-state index >= 15 is 0 Å². The highest BCUT2D eigenvalue weighted by atomic mass is 35.5. The minimum Gasteiger partial charge on any atom is -0.478 e. The van der Waals surface area contributed by atoms with Crippen LogP contribution >= 0.6 is 11.6 Å². The van der Waals surface area contributed by atoms with Crippen molar-refractivity contribution in [3.05, 3.63) is 94.1 Å². The average Bonchev–Trinajstić information content (AvgIpc) is 3.12. The minimum atomic E-state index is -4.78. The van der Waals surface area contributed by atoms with Crippen LogP contribution in [0.2, 0.25) is 5.02 Å². The monoisotopic (exact) mass is 444 g/mol. The maximum atomic E-state index is 13.5. The van der Waals surface area contributed by atoms with Crippen molar-refractivity contribution in [2.75, 3.05) is 0 Å². The zero-order valence-electron chi connectivity index (χ0n) is 15.5. The molecule has 0 amide bonds. The van der Waals surface area contributed by atoms with Crippen molar-refractivity contribution in [2.24, 2.45) is 0 Å². The van der Waals surface area contributed by atoms with Gasteiger partial charge in [0.25, 0.3) is 0 Å². The van der Waals surface area contributed by atoms with E-state index in [0.29, 0.717) is 16.6 Å². The molecule has 0 radical (unpaired) electrons. The van der Waals surface area contributed by atoms with Crippen molar-refractivity contribution in [3.8, 4) is 5.69 Å². The molecule has 4 rings (SSSR count). The molecule has 0 aliphatic carbocycles. The summed E-state index contributed by atoms with van der Waals surface area (Å²) in [5.41, 5.74) is -1.05. The van der Waals surface area contributed by atoms with Crippen LogP contribution in [0, 0.1) is 0 Å². The number of alkyl halides is 3. The molecule has 5 nitrogen and oxygen atoms in total. The fourth-order valence-electron chi connectivity index (χ4n) is 3.29. The lowest BCUT2D eigenvalue weighted by Gasteiger charge is -2.12. The predicted octanol–water partition coefficient (Wildman–Crippen LogP) is 5.63. The number of para-hydroxylation sites is 1. The summed E-state index contributed by atoms with van der Waals surface area (Å²) in [4.78, 5) is 24.3. The first kappa shape index (κ1) is 20.6. The summed E-state index contributed by atoms with van der Waals surface area (Å²) in [6.07, 6.45) is -4.78. The van der Waals surface area contributed by atoms with Crippen molar-refractivity contribution in [3.63, 3.8) is 0 Å². The van der Waals surface area contributed by atoms with Gasteiger partial charge in [-0.25, -0.2) is 9.48 Å². The molecule has 1 N–H and O–H groups in total. The maximum Gasteiger partial charge on any atom is 0.417 e. The molecule has 1 heterocycles. The third-order valence-corrected chi connectivity index (χ3v) is 5.02. The smallest absolute Gasteiger partial charge is 0.417 e. The van der Waals surface area contributed by atoms with Gasteiger partial charge in [0.1, 0.15) is 5.69 Å². The Bertz CT molecular complexity index is 1330. The number of rotatable bonds is 4. The van der Waals surface area contributed by atoms with E-state index < -0.39 is 29.1 Å². The van der Waals surface area contributed by atoms with E-state index in [0.717, 1.165) is 12.1 Å². The normalized spacial score (nSPS) is 11.6.